The maximum atomic E-state index is 12.5. The Morgan fingerprint density at radius 2 is 1.93 bits per heavy atom. The monoisotopic (exact) mass is 412 g/mol. The van der Waals surface area contributed by atoms with Crippen molar-refractivity contribution in [1.82, 2.24) is 0 Å². The van der Waals surface area contributed by atoms with Crippen molar-refractivity contribution in [1.29, 1.82) is 0 Å². The summed E-state index contributed by atoms with van der Waals surface area (Å²) < 4.78 is 5.00. The highest BCUT2D eigenvalue weighted by Crippen LogP contribution is 2.30. The van der Waals surface area contributed by atoms with Gasteiger partial charge in [0.25, 0.3) is 5.91 Å². The van der Waals surface area contributed by atoms with E-state index in [-0.39, 0.29) is 18.4 Å². The lowest BCUT2D eigenvalue weighted by Gasteiger charge is -2.30. The molecule has 6 heteroatoms. The summed E-state index contributed by atoms with van der Waals surface area (Å²) >= 11 is 1.81. The van der Waals surface area contributed by atoms with Crippen LogP contribution in [-0.4, -0.2) is 37.3 Å². The van der Waals surface area contributed by atoms with Crippen LogP contribution in [0.25, 0.3) is 0 Å². The summed E-state index contributed by atoms with van der Waals surface area (Å²) in [6.07, 6.45) is 2.18. The van der Waals surface area contributed by atoms with Gasteiger partial charge >= 0.3 is 0 Å². The molecule has 0 aromatic heterocycles. The van der Waals surface area contributed by atoms with Gasteiger partial charge in [-0.1, -0.05) is 32.0 Å². The number of hydrogen-bond acceptors (Lipinski definition) is 4. The van der Waals surface area contributed by atoms with Crippen molar-refractivity contribution >= 4 is 35.0 Å². The van der Waals surface area contributed by atoms with Crippen LogP contribution in [0.5, 0.6) is 0 Å². The van der Waals surface area contributed by atoms with Gasteiger partial charge in [0.2, 0.25) is 5.91 Å². The van der Waals surface area contributed by atoms with Gasteiger partial charge in [-0.3, -0.25) is 9.59 Å². The molecule has 2 amide bonds. The van der Waals surface area contributed by atoms with Crippen molar-refractivity contribution in [2.24, 2.45) is 0 Å². The minimum atomic E-state index is -0.0696. The molecule has 0 spiro atoms. The van der Waals surface area contributed by atoms with Gasteiger partial charge in [0.05, 0.1) is 6.42 Å². The molecular formula is C23H28N2O3S. The van der Waals surface area contributed by atoms with Crippen molar-refractivity contribution in [3.05, 3.63) is 53.6 Å². The lowest BCUT2D eigenvalue weighted by atomic mass is 10.0. The number of methoxy groups -OCH3 is 1. The molecular weight excluding hydrogens is 384 g/mol. The zero-order valence-corrected chi connectivity index (χ0v) is 18.1. The Morgan fingerprint density at radius 1 is 1.17 bits per heavy atom. The Kier molecular flexibility index (Phi) is 7.34. The Balaban J connectivity index is 1.66. The first-order valence-corrected chi connectivity index (χ1v) is 10.8. The van der Waals surface area contributed by atoms with Gasteiger partial charge in [0, 0.05) is 35.2 Å². The van der Waals surface area contributed by atoms with Crippen molar-refractivity contribution in [2.45, 2.75) is 43.3 Å². The van der Waals surface area contributed by atoms with E-state index in [0.717, 1.165) is 29.7 Å². The van der Waals surface area contributed by atoms with Crippen molar-refractivity contribution < 1.29 is 14.3 Å². The topological polar surface area (TPSA) is 58.6 Å². The third-order valence-electron chi connectivity index (χ3n) is 4.72. The van der Waals surface area contributed by atoms with E-state index in [1.165, 1.54) is 12.0 Å². The van der Waals surface area contributed by atoms with Gasteiger partial charge in [-0.25, -0.2) is 0 Å². The summed E-state index contributed by atoms with van der Waals surface area (Å²) in [5.41, 5.74) is 3.67. The molecule has 29 heavy (non-hydrogen) atoms. The predicted octanol–water partition coefficient (Wildman–Crippen LogP) is 4.29. The van der Waals surface area contributed by atoms with E-state index in [2.05, 4.69) is 31.3 Å². The first-order chi connectivity index (χ1) is 14.0. The lowest BCUT2D eigenvalue weighted by Crippen LogP contribution is -2.37. The van der Waals surface area contributed by atoms with Gasteiger partial charge in [-0.05, 0) is 48.2 Å². The summed E-state index contributed by atoms with van der Waals surface area (Å²) in [7, 11) is 1.52. The second-order valence-corrected chi connectivity index (χ2v) is 9.11. The third kappa shape index (κ3) is 5.84. The van der Waals surface area contributed by atoms with Crippen LogP contribution in [0.1, 0.15) is 31.4 Å². The molecule has 2 aromatic carbocycles. The average Bonchev–Trinajstić information content (AvgIpc) is 2.68. The molecule has 0 unspecified atom stereocenters. The second-order valence-electron chi connectivity index (χ2n) is 7.46. The first-order valence-electron chi connectivity index (χ1n) is 9.94. The number of fused-ring (bicyclic) bond motifs is 1. The molecule has 0 bridgehead atoms. The SMILES string of the molecule is COCC(=O)N1CCCc2ccc(NC(=O)Cc3ccc(SC(C)C)cc3)cc21. The maximum absolute atomic E-state index is 12.5. The van der Waals surface area contributed by atoms with Crippen molar-refractivity contribution in [3.63, 3.8) is 0 Å². The fraction of sp³-hybridized carbons (Fsp3) is 0.391. The zero-order chi connectivity index (χ0) is 20.8. The zero-order valence-electron chi connectivity index (χ0n) is 17.2. The number of carbonyl (C=O) groups excluding carboxylic acids is 2. The molecule has 1 heterocycles. The lowest BCUT2D eigenvalue weighted by molar-refractivity contribution is -0.122. The van der Waals surface area contributed by atoms with E-state index in [0.29, 0.717) is 23.9 Å². The number of amides is 2. The summed E-state index contributed by atoms with van der Waals surface area (Å²) in [4.78, 5) is 27.8. The summed E-state index contributed by atoms with van der Waals surface area (Å²) in [5.74, 6) is -0.129. The number of nitrogens with zero attached hydrogens (tertiary/aromatic N) is 1. The van der Waals surface area contributed by atoms with E-state index < -0.39 is 0 Å². The number of rotatable bonds is 7. The highest BCUT2D eigenvalue weighted by atomic mass is 32.2. The molecule has 154 valence electrons. The smallest absolute Gasteiger partial charge is 0.252 e. The molecule has 1 N–H and O–H groups in total. The van der Waals surface area contributed by atoms with Crippen LogP contribution in [0.15, 0.2) is 47.4 Å². The molecule has 0 atom stereocenters. The largest absolute Gasteiger partial charge is 0.375 e. The van der Waals surface area contributed by atoms with Crippen LogP contribution < -0.4 is 10.2 Å². The van der Waals surface area contributed by atoms with E-state index >= 15 is 0 Å². The van der Waals surface area contributed by atoms with Crippen LogP contribution >= 0.6 is 11.8 Å². The van der Waals surface area contributed by atoms with Crippen LogP contribution in [0.3, 0.4) is 0 Å². The van der Waals surface area contributed by atoms with Crippen LogP contribution in [0.2, 0.25) is 0 Å². The number of benzene rings is 2. The number of carbonyl (C=O) groups is 2. The number of aryl methyl sites for hydroxylation is 1. The van der Waals surface area contributed by atoms with Crippen LogP contribution in [0.4, 0.5) is 11.4 Å². The molecule has 0 aliphatic carbocycles. The molecule has 0 saturated heterocycles. The van der Waals surface area contributed by atoms with Gasteiger partial charge in [-0.15, -0.1) is 11.8 Å². The van der Waals surface area contributed by atoms with E-state index in [1.807, 2.05) is 30.3 Å². The molecule has 0 saturated carbocycles. The van der Waals surface area contributed by atoms with E-state index in [1.54, 1.807) is 16.7 Å². The summed E-state index contributed by atoms with van der Waals surface area (Å²) in [6.45, 7) is 5.05. The summed E-state index contributed by atoms with van der Waals surface area (Å²) in [5, 5.41) is 3.50. The number of nitrogens with one attached hydrogen (secondary N) is 1. The Labute approximate surface area is 176 Å². The van der Waals surface area contributed by atoms with Gasteiger partial charge in [0.15, 0.2) is 0 Å². The maximum Gasteiger partial charge on any atom is 0.252 e. The minimum absolute atomic E-state index is 0.0567. The van der Waals surface area contributed by atoms with Gasteiger partial charge < -0.3 is 15.0 Å². The molecule has 2 aromatic rings. The Hall–Kier alpha value is -2.31. The summed E-state index contributed by atoms with van der Waals surface area (Å²) in [6, 6.07) is 13.9. The molecule has 0 radical (unpaired) electrons. The Morgan fingerprint density at radius 3 is 2.62 bits per heavy atom. The van der Waals surface area contributed by atoms with Crippen molar-refractivity contribution in [2.75, 3.05) is 30.5 Å². The third-order valence-corrected chi connectivity index (χ3v) is 5.73. The van der Waals surface area contributed by atoms with E-state index in [9.17, 15) is 9.59 Å². The predicted molar refractivity (Wildman–Crippen MR) is 119 cm³/mol. The number of anilines is 2. The Bertz CT molecular complexity index is 865. The second kappa shape index (κ2) is 9.94. The van der Waals surface area contributed by atoms with E-state index in [4.69, 9.17) is 4.74 Å². The molecule has 5 nitrogen and oxygen atoms in total. The average molecular weight is 413 g/mol. The normalized spacial score (nSPS) is 13.3. The van der Waals surface area contributed by atoms with Crippen molar-refractivity contribution in [3.8, 4) is 0 Å². The standard InChI is InChI=1S/C23H28N2O3S/c1-16(2)29-20-10-6-17(7-11-20)13-22(26)24-19-9-8-18-5-4-12-25(21(18)14-19)23(27)15-28-3/h6-11,14,16H,4-5,12-13,15H2,1-3H3,(H,24,26). The quantitative estimate of drug-likeness (QED) is 0.689. The van der Waals surface area contributed by atoms with Crippen LogP contribution in [0, 0.1) is 0 Å². The number of hydrogen-bond donors (Lipinski definition) is 1. The van der Waals surface area contributed by atoms with Crippen LogP contribution in [-0.2, 0) is 27.2 Å². The first kappa shape index (κ1) is 21.4. The number of ether oxygens (including phenoxy) is 1. The number of thioether (sulfide) groups is 1. The van der Waals surface area contributed by atoms with Gasteiger partial charge in [0.1, 0.15) is 6.61 Å². The molecule has 0 fully saturated rings. The highest BCUT2D eigenvalue weighted by Gasteiger charge is 2.22. The fourth-order valence-electron chi connectivity index (χ4n) is 3.46. The highest BCUT2D eigenvalue weighted by molar-refractivity contribution is 7.99. The molecule has 1 aliphatic heterocycles. The molecule has 1 aliphatic rings. The fourth-order valence-corrected chi connectivity index (χ4v) is 4.30. The minimum Gasteiger partial charge on any atom is -0.375 e. The molecule has 3 rings (SSSR count). The van der Waals surface area contributed by atoms with Gasteiger partial charge in [-0.2, -0.15) is 0 Å².